The van der Waals surface area contributed by atoms with E-state index in [1.807, 2.05) is 19.1 Å². The van der Waals surface area contributed by atoms with Crippen molar-refractivity contribution in [2.24, 2.45) is 0 Å². The van der Waals surface area contributed by atoms with Crippen LogP contribution in [0.15, 0.2) is 22.7 Å². The molecule has 1 aliphatic rings. The van der Waals surface area contributed by atoms with E-state index in [4.69, 9.17) is 9.84 Å². The van der Waals surface area contributed by atoms with Gasteiger partial charge in [-0.3, -0.25) is 4.79 Å². The number of fused-ring (bicyclic) bond motifs is 1. The smallest absolute Gasteiger partial charge is 0.316 e. The molecule has 0 saturated heterocycles. The number of rotatable bonds is 5. The lowest BCUT2D eigenvalue weighted by molar-refractivity contribution is -0.136. The molecule has 3 nitrogen and oxygen atoms in total. The van der Waals surface area contributed by atoms with Crippen molar-refractivity contribution in [2.75, 3.05) is 5.75 Å². The summed E-state index contributed by atoms with van der Waals surface area (Å²) < 4.78 is 6.85. The minimum atomic E-state index is -0.735. The first-order valence-corrected chi connectivity index (χ1v) is 7.73. The zero-order chi connectivity index (χ0) is 13.1. The minimum absolute atomic E-state index is 0.0905. The maximum atomic E-state index is 10.9. The first-order chi connectivity index (χ1) is 8.60. The predicted octanol–water partition coefficient (Wildman–Crippen LogP) is 3.35. The molecule has 2 rings (SSSR count). The topological polar surface area (TPSA) is 46.5 Å². The Hall–Kier alpha value is -0.680. The van der Waals surface area contributed by atoms with E-state index in [9.17, 15) is 4.79 Å². The molecule has 2 atom stereocenters. The average Bonchev–Trinajstić information content (AvgIpc) is 2.71. The fourth-order valence-corrected chi connectivity index (χ4v) is 3.39. The number of halogens is 1. The molecule has 2 unspecified atom stereocenters. The van der Waals surface area contributed by atoms with Crippen molar-refractivity contribution in [3.8, 4) is 5.75 Å². The second kappa shape index (κ2) is 5.97. The highest BCUT2D eigenvalue weighted by Crippen LogP contribution is 2.33. The van der Waals surface area contributed by atoms with Crippen molar-refractivity contribution in [3.05, 3.63) is 28.2 Å². The molecule has 0 radical (unpaired) electrons. The fourth-order valence-electron chi connectivity index (χ4n) is 1.97. The summed E-state index contributed by atoms with van der Waals surface area (Å²) >= 11 is 4.90. The van der Waals surface area contributed by atoms with Crippen LogP contribution in [0.2, 0.25) is 0 Å². The van der Waals surface area contributed by atoms with E-state index in [0.717, 1.165) is 22.4 Å². The summed E-state index contributed by atoms with van der Waals surface area (Å²) in [5, 5.41) is 8.66. The third kappa shape index (κ3) is 3.20. The van der Waals surface area contributed by atoms with Gasteiger partial charge in [-0.1, -0.05) is 22.9 Å². The maximum Gasteiger partial charge on any atom is 0.316 e. The molecule has 0 saturated carbocycles. The molecule has 1 N–H and O–H groups in total. The first kappa shape index (κ1) is 13.7. The second-order valence-corrected chi connectivity index (χ2v) is 6.42. The Morgan fingerprint density at radius 3 is 3.11 bits per heavy atom. The molecule has 0 aromatic heterocycles. The molecule has 0 spiro atoms. The number of carbonyl (C=O) groups is 1. The molecular weight excluding hydrogens is 316 g/mol. The van der Waals surface area contributed by atoms with Crippen LogP contribution in [0.4, 0.5) is 0 Å². The average molecular weight is 331 g/mol. The Morgan fingerprint density at radius 2 is 2.44 bits per heavy atom. The van der Waals surface area contributed by atoms with E-state index in [0.29, 0.717) is 6.42 Å². The van der Waals surface area contributed by atoms with E-state index in [2.05, 4.69) is 22.0 Å². The van der Waals surface area contributed by atoms with Gasteiger partial charge < -0.3 is 9.84 Å². The quantitative estimate of drug-likeness (QED) is 0.899. The van der Waals surface area contributed by atoms with Gasteiger partial charge in [0.1, 0.15) is 17.1 Å². The van der Waals surface area contributed by atoms with E-state index in [-0.39, 0.29) is 11.4 Å². The van der Waals surface area contributed by atoms with Crippen LogP contribution in [0.5, 0.6) is 5.75 Å². The lowest BCUT2D eigenvalue weighted by Gasteiger charge is -2.13. The summed E-state index contributed by atoms with van der Waals surface area (Å²) in [5.74, 6) is 0.907. The number of hydrogen-bond donors (Lipinski definition) is 1. The van der Waals surface area contributed by atoms with Crippen LogP contribution < -0.4 is 4.74 Å². The number of ether oxygens (including phenoxy) is 1. The molecule has 18 heavy (non-hydrogen) atoms. The number of thioether (sulfide) groups is 1. The SMILES string of the molecule is CCC(SCC1Cc2cc(Br)ccc2O1)C(=O)O. The predicted molar refractivity (Wildman–Crippen MR) is 76.4 cm³/mol. The maximum absolute atomic E-state index is 10.9. The number of aliphatic carboxylic acids is 1. The number of carboxylic acid groups (broad SMARTS) is 1. The van der Waals surface area contributed by atoms with Gasteiger partial charge in [-0.25, -0.2) is 0 Å². The van der Waals surface area contributed by atoms with Crippen LogP contribution in [-0.2, 0) is 11.2 Å². The normalized spacial score (nSPS) is 19.1. The van der Waals surface area contributed by atoms with Crippen molar-refractivity contribution in [1.82, 2.24) is 0 Å². The van der Waals surface area contributed by atoms with Gasteiger partial charge in [0.2, 0.25) is 0 Å². The molecule has 1 aromatic carbocycles. The number of carboxylic acids is 1. The molecule has 0 amide bonds. The van der Waals surface area contributed by atoms with Crippen LogP contribution in [-0.4, -0.2) is 28.2 Å². The monoisotopic (exact) mass is 330 g/mol. The van der Waals surface area contributed by atoms with Gasteiger partial charge >= 0.3 is 5.97 Å². The highest BCUT2D eigenvalue weighted by molar-refractivity contribution is 9.10. The van der Waals surface area contributed by atoms with Gasteiger partial charge in [0.05, 0.1) is 0 Å². The second-order valence-electron chi connectivity index (χ2n) is 4.26. The van der Waals surface area contributed by atoms with Crippen LogP contribution in [0, 0.1) is 0 Å². The third-order valence-corrected chi connectivity index (χ3v) is 4.89. The summed E-state index contributed by atoms with van der Waals surface area (Å²) in [5.41, 5.74) is 1.19. The minimum Gasteiger partial charge on any atom is -0.489 e. The van der Waals surface area contributed by atoms with E-state index < -0.39 is 5.97 Å². The molecule has 1 aliphatic heterocycles. The Morgan fingerprint density at radius 1 is 1.67 bits per heavy atom. The van der Waals surface area contributed by atoms with Crippen molar-refractivity contribution < 1.29 is 14.6 Å². The van der Waals surface area contributed by atoms with Crippen molar-refractivity contribution in [3.63, 3.8) is 0 Å². The third-order valence-electron chi connectivity index (χ3n) is 2.89. The van der Waals surface area contributed by atoms with Gasteiger partial charge in [-0.2, -0.15) is 0 Å². The van der Waals surface area contributed by atoms with Gasteiger partial charge in [-0.15, -0.1) is 11.8 Å². The van der Waals surface area contributed by atoms with Crippen molar-refractivity contribution >= 4 is 33.7 Å². The molecule has 0 bridgehead atoms. The zero-order valence-corrected chi connectivity index (χ0v) is 12.5. The van der Waals surface area contributed by atoms with Crippen molar-refractivity contribution in [2.45, 2.75) is 31.1 Å². The van der Waals surface area contributed by atoms with Crippen LogP contribution in [0.1, 0.15) is 18.9 Å². The lowest BCUT2D eigenvalue weighted by Crippen LogP contribution is -2.22. The molecule has 1 aromatic rings. The van der Waals surface area contributed by atoms with Gasteiger partial charge in [-0.05, 0) is 30.2 Å². The molecule has 0 fully saturated rings. The van der Waals surface area contributed by atoms with Crippen LogP contribution in [0.3, 0.4) is 0 Å². The molecule has 1 heterocycles. The van der Waals surface area contributed by atoms with Crippen LogP contribution >= 0.6 is 27.7 Å². The molecule has 98 valence electrons. The standard InChI is InChI=1S/C13H15BrO3S/c1-2-12(13(15)16)18-7-10-6-8-5-9(14)3-4-11(8)17-10/h3-5,10,12H,2,6-7H2,1H3,(H,15,16). The summed E-state index contributed by atoms with van der Waals surface area (Å²) in [4.78, 5) is 10.9. The zero-order valence-electron chi connectivity index (χ0n) is 10.1. The van der Waals surface area contributed by atoms with Gasteiger partial charge in [0, 0.05) is 16.6 Å². The number of benzene rings is 1. The van der Waals surface area contributed by atoms with E-state index >= 15 is 0 Å². The Kier molecular flexibility index (Phi) is 4.56. The Labute approximate surface area is 119 Å². The van der Waals surface area contributed by atoms with Gasteiger partial charge in [0.15, 0.2) is 0 Å². The summed E-state index contributed by atoms with van der Waals surface area (Å²) in [7, 11) is 0. The van der Waals surface area contributed by atoms with Crippen molar-refractivity contribution in [1.29, 1.82) is 0 Å². The largest absolute Gasteiger partial charge is 0.489 e. The summed E-state index contributed by atoms with van der Waals surface area (Å²) in [6.07, 6.45) is 1.59. The molecule has 0 aliphatic carbocycles. The first-order valence-electron chi connectivity index (χ1n) is 5.89. The van der Waals surface area contributed by atoms with Crippen LogP contribution in [0.25, 0.3) is 0 Å². The highest BCUT2D eigenvalue weighted by Gasteiger charge is 2.25. The van der Waals surface area contributed by atoms with E-state index in [1.165, 1.54) is 17.3 Å². The highest BCUT2D eigenvalue weighted by atomic mass is 79.9. The molecular formula is C13H15BrO3S. The fraction of sp³-hybridized carbons (Fsp3) is 0.462. The van der Waals surface area contributed by atoms with Gasteiger partial charge in [0.25, 0.3) is 0 Å². The lowest BCUT2D eigenvalue weighted by atomic mass is 10.1. The Balaban J connectivity index is 1.90. The summed E-state index contributed by atoms with van der Waals surface area (Å²) in [6, 6.07) is 5.98. The molecule has 5 heteroatoms. The Bertz CT molecular complexity index is 450. The summed E-state index contributed by atoms with van der Waals surface area (Å²) in [6.45, 7) is 1.90. The number of hydrogen-bond acceptors (Lipinski definition) is 3. The van der Waals surface area contributed by atoms with E-state index in [1.54, 1.807) is 0 Å².